The Morgan fingerprint density at radius 1 is 1.08 bits per heavy atom. The summed E-state index contributed by atoms with van der Waals surface area (Å²) >= 11 is 0. The van der Waals surface area contributed by atoms with Crippen LogP contribution in [0.2, 0.25) is 0 Å². The van der Waals surface area contributed by atoms with Crippen molar-refractivity contribution in [2.45, 2.75) is 71.3 Å². The molecule has 3 heterocycles. The summed E-state index contributed by atoms with van der Waals surface area (Å²) in [6, 6.07) is 0.468. The van der Waals surface area contributed by atoms with Gasteiger partial charge in [0.2, 0.25) is 11.8 Å². The molecule has 0 aromatic carbocycles. The van der Waals surface area contributed by atoms with Crippen LogP contribution in [0.1, 0.15) is 65.2 Å². The topological polar surface area (TPSA) is 52.7 Å². The number of likely N-dealkylation sites (tertiary alicyclic amines) is 2. The van der Waals surface area contributed by atoms with Gasteiger partial charge in [0.25, 0.3) is 0 Å². The summed E-state index contributed by atoms with van der Waals surface area (Å²) < 4.78 is 0. The first-order valence-electron chi connectivity index (χ1n) is 10.9. The number of rotatable bonds is 7. The highest BCUT2D eigenvalue weighted by Crippen LogP contribution is 2.31. The first kappa shape index (κ1) is 19.7. The van der Waals surface area contributed by atoms with Crippen LogP contribution >= 0.6 is 0 Å². The Morgan fingerprint density at radius 3 is 2.50 bits per heavy atom. The van der Waals surface area contributed by atoms with Crippen molar-refractivity contribution >= 4 is 11.8 Å². The average Bonchev–Trinajstić information content (AvgIpc) is 3.19. The van der Waals surface area contributed by atoms with E-state index in [0.717, 1.165) is 58.4 Å². The second-order valence-electron chi connectivity index (χ2n) is 8.61. The van der Waals surface area contributed by atoms with Gasteiger partial charge >= 0.3 is 0 Å². The highest BCUT2D eigenvalue weighted by atomic mass is 16.2. The van der Waals surface area contributed by atoms with Gasteiger partial charge in [-0.3, -0.25) is 9.59 Å². The highest BCUT2D eigenvalue weighted by molar-refractivity contribution is 5.79. The van der Waals surface area contributed by atoms with Crippen molar-refractivity contribution in [2.24, 2.45) is 17.8 Å². The van der Waals surface area contributed by atoms with Crippen molar-refractivity contribution in [1.29, 1.82) is 0 Å². The fourth-order valence-electron chi connectivity index (χ4n) is 5.18. The van der Waals surface area contributed by atoms with E-state index < -0.39 is 0 Å². The van der Waals surface area contributed by atoms with Crippen molar-refractivity contribution in [3.63, 3.8) is 0 Å². The zero-order valence-corrected chi connectivity index (χ0v) is 16.7. The van der Waals surface area contributed by atoms with E-state index in [4.69, 9.17) is 0 Å². The number of nitrogens with zero attached hydrogens (tertiary/aromatic N) is 2. The van der Waals surface area contributed by atoms with Gasteiger partial charge in [-0.1, -0.05) is 13.8 Å². The van der Waals surface area contributed by atoms with Crippen molar-refractivity contribution in [1.82, 2.24) is 15.1 Å². The summed E-state index contributed by atoms with van der Waals surface area (Å²) in [6.07, 6.45) is 8.18. The number of carbonyl (C=O) groups is 2. The van der Waals surface area contributed by atoms with Gasteiger partial charge in [0.05, 0.1) is 0 Å². The summed E-state index contributed by atoms with van der Waals surface area (Å²) in [5.74, 6) is 2.07. The largest absolute Gasteiger partial charge is 0.343 e. The number of carbonyl (C=O) groups excluding carboxylic acids is 2. The number of nitrogens with one attached hydrogen (secondary N) is 1. The third-order valence-electron chi connectivity index (χ3n) is 6.82. The van der Waals surface area contributed by atoms with Crippen molar-refractivity contribution < 1.29 is 9.59 Å². The average molecular weight is 364 g/mol. The van der Waals surface area contributed by atoms with Crippen LogP contribution in [0.4, 0.5) is 0 Å². The molecule has 3 fully saturated rings. The second kappa shape index (κ2) is 9.20. The molecule has 0 aromatic heterocycles. The monoisotopic (exact) mass is 363 g/mol. The summed E-state index contributed by atoms with van der Waals surface area (Å²) in [7, 11) is 0. The predicted octanol–water partition coefficient (Wildman–Crippen LogP) is 2.65. The summed E-state index contributed by atoms with van der Waals surface area (Å²) in [5.41, 5.74) is 0. The number of hydrogen-bond donors (Lipinski definition) is 1. The van der Waals surface area contributed by atoms with Gasteiger partial charge in [-0.2, -0.15) is 0 Å². The third kappa shape index (κ3) is 4.59. The summed E-state index contributed by atoms with van der Waals surface area (Å²) in [5, 5.41) is 3.72. The molecule has 148 valence electrons. The summed E-state index contributed by atoms with van der Waals surface area (Å²) in [6.45, 7) is 9.02. The van der Waals surface area contributed by atoms with Gasteiger partial charge in [0.1, 0.15) is 0 Å². The zero-order chi connectivity index (χ0) is 18.5. The van der Waals surface area contributed by atoms with Crippen LogP contribution in [0.5, 0.6) is 0 Å². The van der Waals surface area contributed by atoms with Crippen LogP contribution in [-0.4, -0.2) is 60.4 Å². The molecule has 3 rings (SSSR count). The van der Waals surface area contributed by atoms with Gasteiger partial charge in [0, 0.05) is 44.6 Å². The standard InChI is InChI=1S/C21H37N3O2/c1-3-17(4-2)21(26)24-14-16-12-18(15-24)19(22-13-16)8-7-9-20(25)23-10-5-6-11-23/h16-19,22H,3-15H2,1-2H3/t16?,18?,19-/m1/s1. The fraction of sp³-hybridized carbons (Fsp3) is 0.905. The van der Waals surface area contributed by atoms with Gasteiger partial charge in [-0.05, 0) is 63.3 Å². The molecule has 26 heavy (non-hydrogen) atoms. The van der Waals surface area contributed by atoms with Crippen LogP contribution in [0.3, 0.4) is 0 Å². The Balaban J connectivity index is 1.48. The number of piperidine rings is 2. The Kier molecular flexibility index (Phi) is 6.96. The van der Waals surface area contributed by atoms with Gasteiger partial charge in [-0.25, -0.2) is 0 Å². The molecule has 2 unspecified atom stereocenters. The first-order valence-corrected chi connectivity index (χ1v) is 10.9. The molecule has 0 aromatic rings. The molecular formula is C21H37N3O2. The highest BCUT2D eigenvalue weighted by Gasteiger charge is 2.38. The molecule has 3 saturated heterocycles. The Labute approximate surface area is 158 Å². The van der Waals surface area contributed by atoms with Gasteiger partial charge in [0.15, 0.2) is 0 Å². The molecule has 2 amide bonds. The van der Waals surface area contributed by atoms with Crippen LogP contribution in [0.15, 0.2) is 0 Å². The van der Waals surface area contributed by atoms with Crippen LogP contribution in [0, 0.1) is 17.8 Å². The van der Waals surface area contributed by atoms with E-state index in [9.17, 15) is 9.59 Å². The molecule has 5 heteroatoms. The second-order valence-corrected chi connectivity index (χ2v) is 8.61. The van der Waals surface area contributed by atoms with E-state index in [1.165, 1.54) is 19.3 Å². The maximum atomic E-state index is 12.8. The minimum atomic E-state index is 0.193. The normalized spacial score (nSPS) is 28.7. The molecule has 3 atom stereocenters. The van der Waals surface area contributed by atoms with E-state index in [1.807, 2.05) is 4.90 Å². The minimum absolute atomic E-state index is 0.193. The molecule has 0 saturated carbocycles. The van der Waals surface area contributed by atoms with Crippen LogP contribution in [-0.2, 0) is 9.59 Å². The van der Waals surface area contributed by atoms with Crippen molar-refractivity contribution in [2.75, 3.05) is 32.7 Å². The maximum Gasteiger partial charge on any atom is 0.225 e. The van der Waals surface area contributed by atoms with E-state index >= 15 is 0 Å². The Morgan fingerprint density at radius 2 is 1.81 bits per heavy atom. The molecule has 1 N–H and O–H groups in total. The van der Waals surface area contributed by atoms with Crippen LogP contribution < -0.4 is 5.32 Å². The molecule has 3 aliphatic rings. The van der Waals surface area contributed by atoms with E-state index in [2.05, 4.69) is 24.1 Å². The minimum Gasteiger partial charge on any atom is -0.343 e. The quantitative estimate of drug-likeness (QED) is 0.756. The summed E-state index contributed by atoms with van der Waals surface area (Å²) in [4.78, 5) is 29.2. The lowest BCUT2D eigenvalue weighted by molar-refractivity contribution is -0.139. The molecule has 2 bridgehead atoms. The lowest BCUT2D eigenvalue weighted by Crippen LogP contribution is -2.58. The number of hydrogen-bond acceptors (Lipinski definition) is 3. The molecule has 0 aliphatic carbocycles. The fourth-order valence-corrected chi connectivity index (χ4v) is 5.18. The molecule has 0 spiro atoms. The van der Waals surface area contributed by atoms with Gasteiger partial charge < -0.3 is 15.1 Å². The lowest BCUT2D eigenvalue weighted by atomic mass is 9.78. The molecular weight excluding hydrogens is 326 g/mol. The van der Waals surface area contributed by atoms with E-state index in [1.54, 1.807) is 0 Å². The third-order valence-corrected chi connectivity index (χ3v) is 6.82. The zero-order valence-electron chi connectivity index (χ0n) is 16.7. The predicted molar refractivity (Wildman–Crippen MR) is 104 cm³/mol. The van der Waals surface area contributed by atoms with Crippen LogP contribution in [0.25, 0.3) is 0 Å². The lowest BCUT2D eigenvalue weighted by Gasteiger charge is -2.46. The van der Waals surface area contributed by atoms with Gasteiger partial charge in [-0.15, -0.1) is 0 Å². The first-order chi connectivity index (χ1) is 12.6. The van der Waals surface area contributed by atoms with Crippen molar-refractivity contribution in [3.05, 3.63) is 0 Å². The molecule has 0 radical (unpaired) electrons. The van der Waals surface area contributed by atoms with E-state index in [-0.39, 0.29) is 5.92 Å². The molecule has 5 nitrogen and oxygen atoms in total. The molecule has 3 aliphatic heterocycles. The number of fused-ring (bicyclic) bond motifs is 2. The Bertz CT molecular complexity index is 486. The Hall–Kier alpha value is -1.10. The maximum absolute atomic E-state index is 12.8. The SMILES string of the molecule is CCC(CC)C(=O)N1CC2CN[C@H](CCCC(=O)N3CCCC3)C(C2)C1. The van der Waals surface area contributed by atoms with Crippen molar-refractivity contribution in [3.8, 4) is 0 Å². The smallest absolute Gasteiger partial charge is 0.225 e. The number of amides is 2. The van der Waals surface area contributed by atoms with E-state index in [0.29, 0.717) is 36.1 Å².